The third-order valence-electron chi connectivity index (χ3n) is 2.51. The summed E-state index contributed by atoms with van der Waals surface area (Å²) >= 11 is 0. The number of carbonyl (C=O) groups is 4. The van der Waals surface area contributed by atoms with Crippen LogP contribution in [0.2, 0.25) is 0 Å². The average molecular weight is 338 g/mol. The Morgan fingerprint density at radius 3 is 1.43 bits per heavy atom. The lowest BCUT2D eigenvalue weighted by Crippen LogP contribution is -2.42. The van der Waals surface area contributed by atoms with E-state index in [1.54, 1.807) is 0 Å². The van der Waals surface area contributed by atoms with Gasteiger partial charge in [-0.2, -0.15) is 0 Å². The van der Waals surface area contributed by atoms with Crippen LogP contribution in [0.4, 0.5) is 0 Å². The summed E-state index contributed by atoms with van der Waals surface area (Å²) < 4.78 is 0.841. The first-order valence-corrected chi connectivity index (χ1v) is 6.61. The second-order valence-corrected chi connectivity index (χ2v) is 5.99. The smallest absolute Gasteiger partial charge is 0.336 e. The highest BCUT2D eigenvalue weighted by Gasteiger charge is 2.40. The van der Waals surface area contributed by atoms with E-state index < -0.39 is 42.3 Å². The van der Waals surface area contributed by atoms with E-state index in [2.05, 4.69) is 21.1 Å². The van der Waals surface area contributed by atoms with Gasteiger partial charge in [0.05, 0.1) is 47.0 Å². The molecule has 0 atom stereocenters. The summed E-state index contributed by atoms with van der Waals surface area (Å²) in [6.45, 7) is 0.923. The van der Waals surface area contributed by atoms with Crippen LogP contribution in [0.25, 0.3) is 0 Å². The van der Waals surface area contributed by atoms with Crippen molar-refractivity contribution in [3.05, 3.63) is 0 Å². The number of rotatable bonds is 9. The topological polar surface area (TPSA) is 169 Å². The fourth-order valence-electron chi connectivity index (χ4n) is 1.42. The SMILES string of the molecule is C[N+](C)(C)CCCC(=O)O.O=C(O)CC(O)(CC(=O)O)C(=O)O. The van der Waals surface area contributed by atoms with E-state index in [1.807, 2.05) is 0 Å². The van der Waals surface area contributed by atoms with E-state index in [0.717, 1.165) is 17.4 Å². The maximum absolute atomic E-state index is 10.3. The number of hydrogen-bond donors (Lipinski definition) is 5. The Labute approximate surface area is 133 Å². The van der Waals surface area contributed by atoms with Crippen LogP contribution in [0.5, 0.6) is 0 Å². The molecule has 5 N–H and O–H groups in total. The molecular weight excluding hydrogens is 314 g/mol. The van der Waals surface area contributed by atoms with Gasteiger partial charge in [-0.3, -0.25) is 14.4 Å². The van der Waals surface area contributed by atoms with Gasteiger partial charge in [0.15, 0.2) is 5.60 Å². The van der Waals surface area contributed by atoms with Gasteiger partial charge in [-0.1, -0.05) is 0 Å². The normalized spacial score (nSPS) is 11.1. The number of carboxylic acids is 4. The van der Waals surface area contributed by atoms with Gasteiger partial charge in [-0.15, -0.1) is 0 Å². The van der Waals surface area contributed by atoms with Crippen molar-refractivity contribution in [2.75, 3.05) is 27.7 Å². The minimum atomic E-state index is -2.74. The van der Waals surface area contributed by atoms with Gasteiger partial charge < -0.3 is 30.0 Å². The molecule has 0 fully saturated rings. The monoisotopic (exact) mass is 338 g/mol. The standard InChI is InChI=1S/C7H15NO2.C6H8O7/c1-8(2,3)6-4-5-7(9)10;7-3(8)1-6(13,5(11)12)2-4(9)10/h4-6H2,1-3H3;13H,1-2H2,(H,7,8)(H,9,10)(H,11,12)/p+1. The maximum Gasteiger partial charge on any atom is 0.336 e. The summed E-state index contributed by atoms with van der Waals surface area (Å²) in [5.74, 6) is -5.72. The second kappa shape index (κ2) is 9.74. The minimum Gasteiger partial charge on any atom is -0.481 e. The van der Waals surface area contributed by atoms with E-state index in [1.165, 1.54) is 0 Å². The highest BCUT2D eigenvalue weighted by atomic mass is 16.4. The molecule has 0 rings (SSSR count). The molecule has 0 amide bonds. The zero-order chi connectivity index (χ0) is 18.8. The van der Waals surface area contributed by atoms with E-state index in [-0.39, 0.29) is 6.42 Å². The molecule has 0 bridgehead atoms. The van der Waals surface area contributed by atoms with Crippen molar-refractivity contribution in [1.82, 2.24) is 0 Å². The average Bonchev–Trinajstić information content (AvgIpc) is 2.24. The Bertz CT molecular complexity index is 423. The number of nitrogens with zero attached hydrogens (tertiary/aromatic N) is 1. The quantitative estimate of drug-likeness (QED) is 0.341. The first-order valence-electron chi connectivity index (χ1n) is 6.61. The number of aliphatic carboxylic acids is 4. The molecule has 134 valence electrons. The van der Waals surface area contributed by atoms with Crippen LogP contribution >= 0.6 is 0 Å². The Hall–Kier alpha value is -2.20. The van der Waals surface area contributed by atoms with E-state index in [4.69, 9.17) is 25.5 Å². The largest absolute Gasteiger partial charge is 0.481 e. The van der Waals surface area contributed by atoms with Gasteiger partial charge in [-0.05, 0) is 0 Å². The lowest BCUT2D eigenvalue weighted by molar-refractivity contribution is -0.870. The van der Waals surface area contributed by atoms with Crippen LogP contribution in [0, 0.1) is 0 Å². The zero-order valence-corrected chi connectivity index (χ0v) is 13.4. The summed E-state index contributed by atoms with van der Waals surface area (Å²) in [4.78, 5) is 40.6. The van der Waals surface area contributed by atoms with Crippen LogP contribution in [0.15, 0.2) is 0 Å². The summed E-state index contributed by atoms with van der Waals surface area (Å²) in [6, 6.07) is 0. The lowest BCUT2D eigenvalue weighted by Gasteiger charge is -2.23. The molecule has 23 heavy (non-hydrogen) atoms. The van der Waals surface area contributed by atoms with Crippen molar-refractivity contribution < 1.29 is 49.2 Å². The molecule has 0 aliphatic carbocycles. The van der Waals surface area contributed by atoms with E-state index in [9.17, 15) is 19.2 Å². The van der Waals surface area contributed by atoms with Crippen molar-refractivity contribution in [2.24, 2.45) is 0 Å². The molecule has 10 nitrogen and oxygen atoms in total. The molecule has 0 heterocycles. The Morgan fingerprint density at radius 2 is 1.22 bits per heavy atom. The number of carboxylic acid groups (broad SMARTS) is 4. The molecule has 0 radical (unpaired) electrons. The minimum absolute atomic E-state index is 0.287. The molecule has 10 heteroatoms. The van der Waals surface area contributed by atoms with Gasteiger partial charge >= 0.3 is 23.9 Å². The van der Waals surface area contributed by atoms with Gasteiger partial charge in [-0.25, -0.2) is 4.79 Å². The van der Waals surface area contributed by atoms with Crippen LogP contribution < -0.4 is 0 Å². The predicted octanol–water partition coefficient (Wildman–Crippen LogP) is -0.691. The molecular formula is C13H24NO9+. The number of quaternary nitrogens is 1. The Kier molecular flexibility index (Phi) is 9.77. The van der Waals surface area contributed by atoms with E-state index >= 15 is 0 Å². The molecule has 0 saturated heterocycles. The van der Waals surface area contributed by atoms with Gasteiger partial charge in [0, 0.05) is 6.42 Å². The van der Waals surface area contributed by atoms with Crippen molar-refractivity contribution in [3.63, 3.8) is 0 Å². The lowest BCUT2D eigenvalue weighted by atomic mass is 9.96. The fourth-order valence-corrected chi connectivity index (χ4v) is 1.42. The third kappa shape index (κ3) is 14.5. The van der Waals surface area contributed by atoms with Crippen LogP contribution in [0.3, 0.4) is 0 Å². The fraction of sp³-hybridized carbons (Fsp3) is 0.692. The first-order chi connectivity index (χ1) is 10.2. The van der Waals surface area contributed by atoms with Crippen molar-refractivity contribution in [1.29, 1.82) is 0 Å². The van der Waals surface area contributed by atoms with E-state index in [0.29, 0.717) is 0 Å². The first kappa shape index (κ1) is 23.1. The molecule has 0 aromatic carbocycles. The van der Waals surface area contributed by atoms with Gasteiger partial charge in [0.2, 0.25) is 0 Å². The summed E-state index contributed by atoms with van der Waals surface area (Å²) in [7, 11) is 6.17. The molecule has 0 aliphatic rings. The van der Waals surface area contributed by atoms with Crippen LogP contribution in [0.1, 0.15) is 25.7 Å². The van der Waals surface area contributed by atoms with Gasteiger partial charge in [0.1, 0.15) is 0 Å². The molecule has 0 aromatic heterocycles. The highest BCUT2D eigenvalue weighted by molar-refractivity contribution is 5.88. The second-order valence-electron chi connectivity index (χ2n) is 5.99. The summed E-state index contributed by atoms with van der Waals surface area (Å²) in [5.41, 5.74) is -2.74. The predicted molar refractivity (Wildman–Crippen MR) is 76.9 cm³/mol. The molecule has 0 unspecified atom stereocenters. The number of aliphatic hydroxyl groups is 1. The molecule has 0 aliphatic heterocycles. The number of hydrogen-bond acceptors (Lipinski definition) is 5. The summed E-state index contributed by atoms with van der Waals surface area (Å²) in [5, 5.41) is 42.1. The van der Waals surface area contributed by atoms with Crippen molar-refractivity contribution >= 4 is 23.9 Å². The molecule has 0 spiro atoms. The Balaban J connectivity index is 0. The van der Waals surface area contributed by atoms with Crippen LogP contribution in [-0.2, 0) is 19.2 Å². The van der Waals surface area contributed by atoms with Crippen LogP contribution in [-0.4, -0.2) is 87.2 Å². The van der Waals surface area contributed by atoms with Crippen molar-refractivity contribution in [2.45, 2.75) is 31.3 Å². The summed E-state index contributed by atoms with van der Waals surface area (Å²) in [6.07, 6.45) is -1.24. The third-order valence-corrected chi connectivity index (χ3v) is 2.51. The maximum atomic E-state index is 10.3. The highest BCUT2D eigenvalue weighted by Crippen LogP contribution is 2.15. The van der Waals surface area contributed by atoms with Gasteiger partial charge in [0.25, 0.3) is 0 Å². The zero-order valence-electron chi connectivity index (χ0n) is 13.4. The molecule has 0 aromatic rings. The Morgan fingerprint density at radius 1 is 0.826 bits per heavy atom. The molecule has 0 saturated carbocycles. The van der Waals surface area contributed by atoms with Crippen molar-refractivity contribution in [3.8, 4) is 0 Å².